The molecule has 0 saturated heterocycles. The molecule has 0 bridgehead atoms. The Morgan fingerprint density at radius 3 is 2.47 bits per heavy atom. The van der Waals surface area contributed by atoms with Crippen molar-refractivity contribution in [2.45, 2.75) is 19.4 Å². The van der Waals surface area contributed by atoms with E-state index < -0.39 is 0 Å². The van der Waals surface area contributed by atoms with Crippen molar-refractivity contribution in [2.24, 2.45) is 0 Å². The zero-order valence-electron chi connectivity index (χ0n) is 11.7. The molecule has 0 amide bonds. The van der Waals surface area contributed by atoms with Gasteiger partial charge in [0.15, 0.2) is 5.11 Å². The second-order valence-corrected chi connectivity index (χ2v) is 4.69. The third-order valence-electron chi connectivity index (χ3n) is 2.81. The van der Waals surface area contributed by atoms with Gasteiger partial charge in [0.05, 0.1) is 13.2 Å². The van der Waals surface area contributed by atoms with Gasteiger partial charge in [-0.1, -0.05) is 12.1 Å². The normalized spacial score (nSPS) is 11.7. The highest BCUT2D eigenvalue weighted by Crippen LogP contribution is 2.11. The molecule has 1 rings (SSSR count). The second kappa shape index (κ2) is 8.72. The number of benzene rings is 1. The van der Waals surface area contributed by atoms with Crippen LogP contribution < -0.4 is 15.4 Å². The summed E-state index contributed by atoms with van der Waals surface area (Å²) in [5.41, 5.74) is 1.25. The van der Waals surface area contributed by atoms with Crippen LogP contribution in [0.15, 0.2) is 24.3 Å². The minimum atomic E-state index is 0.154. The summed E-state index contributed by atoms with van der Waals surface area (Å²) in [6.07, 6.45) is 1.08. The van der Waals surface area contributed by atoms with Crippen molar-refractivity contribution < 1.29 is 9.47 Å². The van der Waals surface area contributed by atoms with Gasteiger partial charge in [-0.2, -0.15) is 0 Å². The lowest BCUT2D eigenvalue weighted by atomic mass is 10.1. The van der Waals surface area contributed by atoms with Crippen molar-refractivity contribution >= 4 is 17.3 Å². The Labute approximate surface area is 120 Å². The summed E-state index contributed by atoms with van der Waals surface area (Å²) in [5, 5.41) is 6.95. The van der Waals surface area contributed by atoms with Crippen LogP contribution in [0.4, 0.5) is 0 Å². The first-order valence-electron chi connectivity index (χ1n) is 6.33. The maximum Gasteiger partial charge on any atom is 0.166 e. The van der Waals surface area contributed by atoms with Crippen LogP contribution in [-0.2, 0) is 11.2 Å². The molecule has 0 aliphatic carbocycles. The van der Waals surface area contributed by atoms with E-state index >= 15 is 0 Å². The van der Waals surface area contributed by atoms with Gasteiger partial charge in [-0.3, -0.25) is 0 Å². The molecule has 0 spiro atoms. The molecule has 0 radical (unpaired) electrons. The van der Waals surface area contributed by atoms with E-state index in [2.05, 4.69) is 22.8 Å². The summed E-state index contributed by atoms with van der Waals surface area (Å²) in [4.78, 5) is 0. The third kappa shape index (κ3) is 6.40. The van der Waals surface area contributed by atoms with Crippen LogP contribution in [0.25, 0.3) is 0 Å². The Morgan fingerprint density at radius 2 is 1.89 bits per heavy atom. The molecular formula is C14H22N2O2S. The van der Waals surface area contributed by atoms with Gasteiger partial charge >= 0.3 is 0 Å². The maximum absolute atomic E-state index is 5.18. The zero-order valence-corrected chi connectivity index (χ0v) is 12.5. The lowest BCUT2D eigenvalue weighted by Gasteiger charge is -2.14. The highest BCUT2D eigenvalue weighted by Gasteiger charge is 2.01. The van der Waals surface area contributed by atoms with E-state index in [1.54, 1.807) is 14.2 Å². The maximum atomic E-state index is 5.18. The van der Waals surface area contributed by atoms with E-state index in [1.807, 2.05) is 19.1 Å². The highest BCUT2D eigenvalue weighted by molar-refractivity contribution is 7.80. The quantitative estimate of drug-likeness (QED) is 0.746. The predicted molar refractivity (Wildman–Crippen MR) is 81.8 cm³/mol. The molecule has 4 nitrogen and oxygen atoms in total. The van der Waals surface area contributed by atoms with Gasteiger partial charge in [0.25, 0.3) is 0 Å². The monoisotopic (exact) mass is 282 g/mol. The fourth-order valence-corrected chi connectivity index (χ4v) is 1.68. The van der Waals surface area contributed by atoms with Crippen molar-refractivity contribution in [3.63, 3.8) is 0 Å². The van der Waals surface area contributed by atoms with Crippen LogP contribution in [-0.4, -0.2) is 38.5 Å². The van der Waals surface area contributed by atoms with Crippen molar-refractivity contribution in [3.05, 3.63) is 29.8 Å². The lowest BCUT2D eigenvalue weighted by molar-refractivity contribution is 0.121. The number of thiocarbonyl (C=S) groups is 1. The molecular weight excluding hydrogens is 260 g/mol. The first-order chi connectivity index (χ1) is 9.15. The molecule has 19 heavy (non-hydrogen) atoms. The van der Waals surface area contributed by atoms with Gasteiger partial charge < -0.3 is 20.1 Å². The molecule has 5 heteroatoms. The summed E-state index contributed by atoms with van der Waals surface area (Å²) in [7, 11) is 3.36. The van der Waals surface area contributed by atoms with Crippen LogP contribution in [0.3, 0.4) is 0 Å². The van der Waals surface area contributed by atoms with Gasteiger partial charge in [0, 0.05) is 20.2 Å². The Kier molecular flexibility index (Phi) is 7.22. The van der Waals surface area contributed by atoms with Crippen LogP contribution in [0, 0.1) is 0 Å². The molecule has 0 saturated carbocycles. The average molecular weight is 282 g/mol. The summed E-state index contributed by atoms with van der Waals surface area (Å²) in [6.45, 7) is 3.51. The number of hydrogen-bond donors (Lipinski definition) is 2. The summed E-state index contributed by atoms with van der Waals surface area (Å²) >= 11 is 5.18. The molecule has 1 aromatic rings. The first-order valence-corrected chi connectivity index (χ1v) is 6.74. The topological polar surface area (TPSA) is 42.5 Å². The Balaban J connectivity index is 2.20. The number of ether oxygens (including phenoxy) is 2. The number of methoxy groups -OCH3 is 2. The molecule has 0 aromatic heterocycles. The van der Waals surface area contributed by atoms with Crippen molar-refractivity contribution in [1.29, 1.82) is 0 Å². The molecule has 0 heterocycles. The molecule has 106 valence electrons. The highest BCUT2D eigenvalue weighted by atomic mass is 32.1. The van der Waals surface area contributed by atoms with E-state index in [9.17, 15) is 0 Å². The van der Waals surface area contributed by atoms with Crippen LogP contribution in [0.5, 0.6) is 5.75 Å². The van der Waals surface area contributed by atoms with Crippen LogP contribution in [0.1, 0.15) is 12.5 Å². The van der Waals surface area contributed by atoms with E-state index in [0.717, 1.165) is 18.7 Å². The van der Waals surface area contributed by atoms with Gasteiger partial charge in [-0.15, -0.1) is 0 Å². The smallest absolute Gasteiger partial charge is 0.166 e. The van der Waals surface area contributed by atoms with E-state index in [-0.39, 0.29) is 6.10 Å². The third-order valence-corrected chi connectivity index (χ3v) is 3.10. The van der Waals surface area contributed by atoms with Crippen LogP contribution >= 0.6 is 12.2 Å². The van der Waals surface area contributed by atoms with Gasteiger partial charge in [-0.05, 0) is 43.3 Å². The minimum Gasteiger partial charge on any atom is -0.497 e. The molecule has 0 aliphatic rings. The standard InChI is InChI=1S/C14H22N2O2S/c1-11(17-2)10-16-14(19)15-9-8-12-4-6-13(18-3)7-5-12/h4-7,11H,8-10H2,1-3H3,(H2,15,16,19). The first kappa shape index (κ1) is 15.7. The average Bonchev–Trinajstić information content (AvgIpc) is 2.45. The largest absolute Gasteiger partial charge is 0.497 e. The minimum absolute atomic E-state index is 0.154. The summed E-state index contributed by atoms with van der Waals surface area (Å²) in [5.74, 6) is 0.877. The van der Waals surface area contributed by atoms with E-state index in [1.165, 1.54) is 5.56 Å². The second-order valence-electron chi connectivity index (χ2n) is 4.28. The van der Waals surface area contributed by atoms with Gasteiger partial charge in [0.1, 0.15) is 5.75 Å². The van der Waals surface area contributed by atoms with E-state index in [0.29, 0.717) is 11.7 Å². The van der Waals surface area contributed by atoms with Crippen molar-refractivity contribution in [2.75, 3.05) is 27.3 Å². The Bertz CT molecular complexity index is 382. The van der Waals surface area contributed by atoms with Gasteiger partial charge in [0.2, 0.25) is 0 Å². The number of rotatable bonds is 7. The predicted octanol–water partition coefficient (Wildman–Crippen LogP) is 1.74. The number of nitrogens with one attached hydrogen (secondary N) is 2. The molecule has 1 aromatic carbocycles. The van der Waals surface area contributed by atoms with Crippen LogP contribution in [0.2, 0.25) is 0 Å². The van der Waals surface area contributed by atoms with Crippen molar-refractivity contribution in [1.82, 2.24) is 10.6 Å². The van der Waals surface area contributed by atoms with E-state index in [4.69, 9.17) is 21.7 Å². The SMILES string of the molecule is COc1ccc(CCNC(=S)NCC(C)OC)cc1. The lowest BCUT2D eigenvalue weighted by Crippen LogP contribution is -2.40. The Morgan fingerprint density at radius 1 is 1.21 bits per heavy atom. The zero-order chi connectivity index (χ0) is 14.1. The van der Waals surface area contributed by atoms with Gasteiger partial charge in [-0.25, -0.2) is 0 Å². The molecule has 0 fully saturated rings. The molecule has 0 aliphatic heterocycles. The summed E-state index contributed by atoms with van der Waals surface area (Å²) < 4.78 is 10.3. The number of hydrogen-bond acceptors (Lipinski definition) is 3. The molecule has 1 atom stereocenters. The molecule has 1 unspecified atom stereocenters. The Hall–Kier alpha value is -1.33. The summed E-state index contributed by atoms with van der Waals surface area (Å²) in [6, 6.07) is 8.05. The fourth-order valence-electron chi connectivity index (χ4n) is 1.49. The molecule has 2 N–H and O–H groups in total. The fraction of sp³-hybridized carbons (Fsp3) is 0.500. The van der Waals surface area contributed by atoms with Crippen molar-refractivity contribution in [3.8, 4) is 5.75 Å².